The number of carboxylic acid groups (broad SMARTS) is 1. The van der Waals surface area contributed by atoms with E-state index in [4.69, 9.17) is 5.11 Å². The number of fused-ring (bicyclic) bond motifs is 5. The lowest BCUT2D eigenvalue weighted by Gasteiger charge is -2.62. The summed E-state index contributed by atoms with van der Waals surface area (Å²) in [7, 11) is 0. The minimum atomic E-state index is -0.684. The second-order valence-corrected chi connectivity index (χ2v) is 11.4. The monoisotopic (exact) mass is 392 g/mol. The van der Waals surface area contributed by atoms with E-state index in [-0.39, 0.29) is 29.5 Å². The van der Waals surface area contributed by atoms with Gasteiger partial charge >= 0.3 is 5.97 Å². The van der Waals surface area contributed by atoms with Crippen molar-refractivity contribution >= 4 is 5.97 Å². The molecule has 4 rings (SSSR count). The minimum Gasteiger partial charge on any atom is -0.481 e. The van der Waals surface area contributed by atoms with E-state index in [1.165, 1.54) is 25.7 Å². The zero-order valence-electron chi connectivity index (χ0n) is 17.9. The molecule has 4 aliphatic carbocycles. The molecule has 6 unspecified atom stereocenters. The van der Waals surface area contributed by atoms with Gasteiger partial charge in [0, 0.05) is 6.42 Å². The highest BCUT2D eigenvalue weighted by molar-refractivity contribution is 5.66. The second-order valence-electron chi connectivity index (χ2n) is 11.4. The van der Waals surface area contributed by atoms with E-state index in [1.54, 1.807) is 0 Å². The minimum absolute atomic E-state index is 0.179. The average Bonchev–Trinajstić information content (AvgIpc) is 2.98. The maximum absolute atomic E-state index is 11.2. The zero-order valence-corrected chi connectivity index (χ0v) is 17.9. The molecule has 0 aromatic rings. The van der Waals surface area contributed by atoms with Crippen LogP contribution in [0.3, 0.4) is 0 Å². The van der Waals surface area contributed by atoms with Crippen molar-refractivity contribution in [2.24, 2.45) is 46.3 Å². The normalized spacial score (nSPS) is 51.7. The van der Waals surface area contributed by atoms with Crippen molar-refractivity contribution in [3.8, 4) is 0 Å². The van der Waals surface area contributed by atoms with E-state index in [1.807, 2.05) is 0 Å². The fraction of sp³-hybridized carbons (Fsp3) is 0.958. The summed E-state index contributed by atoms with van der Waals surface area (Å²) in [6.45, 7) is 7.16. The molecular formula is C24H40O4. The van der Waals surface area contributed by atoms with Gasteiger partial charge in [0.1, 0.15) is 0 Å². The Bertz CT molecular complexity index is 605. The number of hydrogen-bond acceptors (Lipinski definition) is 3. The first kappa shape index (κ1) is 20.7. The number of aliphatic carboxylic acids is 1. The molecule has 4 saturated carbocycles. The van der Waals surface area contributed by atoms with Crippen LogP contribution in [-0.4, -0.2) is 33.5 Å². The van der Waals surface area contributed by atoms with Gasteiger partial charge in [-0.25, -0.2) is 0 Å². The van der Waals surface area contributed by atoms with Gasteiger partial charge < -0.3 is 15.3 Å². The molecule has 0 aliphatic heterocycles. The van der Waals surface area contributed by atoms with Crippen molar-refractivity contribution < 1.29 is 20.1 Å². The number of rotatable bonds is 4. The molecular weight excluding hydrogens is 352 g/mol. The van der Waals surface area contributed by atoms with Gasteiger partial charge in [0.05, 0.1) is 12.2 Å². The number of hydrogen-bond donors (Lipinski definition) is 3. The van der Waals surface area contributed by atoms with Crippen molar-refractivity contribution in [3.63, 3.8) is 0 Å². The molecule has 160 valence electrons. The van der Waals surface area contributed by atoms with E-state index in [0.717, 1.165) is 32.1 Å². The Kier molecular flexibility index (Phi) is 5.36. The summed E-state index contributed by atoms with van der Waals surface area (Å²) in [6.07, 6.45) is 9.19. The molecule has 10 atom stereocenters. The Balaban J connectivity index is 1.55. The molecule has 0 heterocycles. The molecule has 0 spiro atoms. The molecule has 0 saturated heterocycles. The standard InChI is InChI=1S/C24H40O4/c1-14(4-7-21(27)28)17-5-6-18-22-19(9-11-24(17,18)3)23(2)10-8-16(25)12-15(23)13-20(22)26/h14-20,22,25-26H,4-13H2,1-3H3,(H,27,28)/t14?,15-,16+,17+,18-,19?,20?,22?,23?,24?/m0/s1. The van der Waals surface area contributed by atoms with Gasteiger partial charge in [0.15, 0.2) is 0 Å². The van der Waals surface area contributed by atoms with Gasteiger partial charge in [-0.2, -0.15) is 0 Å². The highest BCUT2D eigenvalue weighted by atomic mass is 16.4. The van der Waals surface area contributed by atoms with Crippen LogP contribution in [0.4, 0.5) is 0 Å². The Hall–Kier alpha value is -0.610. The molecule has 4 aliphatic rings. The van der Waals surface area contributed by atoms with Crippen LogP contribution in [0.5, 0.6) is 0 Å². The van der Waals surface area contributed by atoms with Gasteiger partial charge in [-0.1, -0.05) is 20.8 Å². The predicted molar refractivity (Wildman–Crippen MR) is 109 cm³/mol. The lowest BCUT2D eigenvalue weighted by Crippen LogP contribution is -2.58. The Morgan fingerprint density at radius 2 is 1.68 bits per heavy atom. The lowest BCUT2D eigenvalue weighted by atomic mass is 9.43. The van der Waals surface area contributed by atoms with Crippen molar-refractivity contribution in [2.45, 2.75) is 97.2 Å². The van der Waals surface area contributed by atoms with Gasteiger partial charge in [-0.3, -0.25) is 4.79 Å². The molecule has 4 heteroatoms. The fourth-order valence-corrected chi connectivity index (χ4v) is 8.73. The van der Waals surface area contributed by atoms with Crippen LogP contribution in [0.2, 0.25) is 0 Å². The van der Waals surface area contributed by atoms with E-state index < -0.39 is 5.97 Å². The molecule has 28 heavy (non-hydrogen) atoms. The van der Waals surface area contributed by atoms with Gasteiger partial charge in [-0.05, 0) is 104 Å². The topological polar surface area (TPSA) is 77.8 Å². The maximum Gasteiger partial charge on any atom is 0.303 e. The molecule has 0 radical (unpaired) electrons. The predicted octanol–water partition coefficient (Wildman–Crippen LogP) is 4.48. The summed E-state index contributed by atoms with van der Waals surface area (Å²) in [5, 5.41) is 30.5. The van der Waals surface area contributed by atoms with Crippen molar-refractivity contribution in [1.29, 1.82) is 0 Å². The van der Waals surface area contributed by atoms with Crippen LogP contribution >= 0.6 is 0 Å². The first-order valence-electron chi connectivity index (χ1n) is 11.7. The molecule has 0 aromatic carbocycles. The van der Waals surface area contributed by atoms with E-state index >= 15 is 0 Å². The van der Waals surface area contributed by atoms with Crippen LogP contribution in [-0.2, 0) is 4.79 Å². The Labute approximate surface area is 170 Å². The van der Waals surface area contributed by atoms with E-state index in [9.17, 15) is 15.0 Å². The third-order valence-corrected chi connectivity index (χ3v) is 10.2. The Morgan fingerprint density at radius 3 is 2.39 bits per heavy atom. The molecule has 4 nitrogen and oxygen atoms in total. The first-order valence-corrected chi connectivity index (χ1v) is 11.7. The van der Waals surface area contributed by atoms with E-state index in [2.05, 4.69) is 20.8 Å². The summed E-state index contributed by atoms with van der Waals surface area (Å²) in [5.74, 6) is 2.36. The van der Waals surface area contributed by atoms with Crippen molar-refractivity contribution in [3.05, 3.63) is 0 Å². The van der Waals surface area contributed by atoms with E-state index in [0.29, 0.717) is 35.5 Å². The number of aliphatic hydroxyl groups excluding tert-OH is 2. The zero-order chi connectivity index (χ0) is 20.3. The summed E-state index contributed by atoms with van der Waals surface area (Å²) in [5.41, 5.74) is 0.523. The summed E-state index contributed by atoms with van der Waals surface area (Å²) in [4.78, 5) is 11.1. The van der Waals surface area contributed by atoms with Crippen LogP contribution in [0.25, 0.3) is 0 Å². The van der Waals surface area contributed by atoms with Crippen molar-refractivity contribution in [1.82, 2.24) is 0 Å². The quantitative estimate of drug-likeness (QED) is 0.659. The number of carboxylic acids is 1. The molecule has 3 N–H and O–H groups in total. The molecule has 0 bridgehead atoms. The van der Waals surface area contributed by atoms with Crippen molar-refractivity contribution in [2.75, 3.05) is 0 Å². The largest absolute Gasteiger partial charge is 0.481 e. The van der Waals surface area contributed by atoms with Crippen LogP contribution in [0.15, 0.2) is 0 Å². The molecule has 0 amide bonds. The van der Waals surface area contributed by atoms with Gasteiger partial charge in [0.2, 0.25) is 0 Å². The third kappa shape index (κ3) is 3.14. The summed E-state index contributed by atoms with van der Waals surface area (Å²) < 4.78 is 0. The maximum atomic E-state index is 11.2. The highest BCUT2D eigenvalue weighted by Gasteiger charge is 2.62. The molecule has 4 fully saturated rings. The average molecular weight is 393 g/mol. The van der Waals surface area contributed by atoms with Crippen LogP contribution in [0, 0.1) is 46.3 Å². The lowest BCUT2D eigenvalue weighted by molar-refractivity contribution is -0.174. The summed E-state index contributed by atoms with van der Waals surface area (Å²) in [6, 6.07) is 0. The Morgan fingerprint density at radius 1 is 1.00 bits per heavy atom. The molecule has 0 aromatic heterocycles. The van der Waals surface area contributed by atoms with Gasteiger partial charge in [0.25, 0.3) is 0 Å². The smallest absolute Gasteiger partial charge is 0.303 e. The number of carbonyl (C=O) groups is 1. The van der Waals surface area contributed by atoms with Crippen LogP contribution < -0.4 is 0 Å². The fourth-order valence-electron chi connectivity index (χ4n) is 8.73. The second kappa shape index (κ2) is 7.27. The highest BCUT2D eigenvalue weighted by Crippen LogP contribution is 2.68. The van der Waals surface area contributed by atoms with Crippen LogP contribution in [0.1, 0.15) is 85.0 Å². The number of aliphatic hydroxyl groups is 2. The van der Waals surface area contributed by atoms with Gasteiger partial charge in [-0.15, -0.1) is 0 Å². The third-order valence-electron chi connectivity index (χ3n) is 10.2. The SMILES string of the molecule is CC(CCC(=O)O)[C@H]1CC[C@H]2C3C(O)C[C@@H]4C[C@H](O)CCC4(C)C3CCC12C. The summed E-state index contributed by atoms with van der Waals surface area (Å²) >= 11 is 0. The first-order chi connectivity index (χ1) is 13.2.